The predicted octanol–water partition coefficient (Wildman–Crippen LogP) is 2.74. The van der Waals surface area contributed by atoms with Crippen molar-refractivity contribution in [3.8, 4) is 0 Å². The Balaban J connectivity index is 2.06. The predicted molar refractivity (Wildman–Crippen MR) is 86.0 cm³/mol. The molecular formula is C12H10BrClN2O3S2. The van der Waals surface area contributed by atoms with Crippen molar-refractivity contribution < 1.29 is 13.2 Å². The summed E-state index contributed by atoms with van der Waals surface area (Å²) in [5.41, 5.74) is 0.414. The highest BCUT2D eigenvalue weighted by Crippen LogP contribution is 2.21. The van der Waals surface area contributed by atoms with Gasteiger partial charge in [-0.2, -0.15) is 0 Å². The van der Waals surface area contributed by atoms with E-state index in [0.717, 1.165) is 11.3 Å². The zero-order chi connectivity index (χ0) is 15.6. The number of benzene rings is 1. The summed E-state index contributed by atoms with van der Waals surface area (Å²) in [6.45, 7) is 0.211. The summed E-state index contributed by atoms with van der Waals surface area (Å²) >= 11 is 10.2. The number of thiophene rings is 1. The topological polar surface area (TPSA) is 89.3 Å². The minimum atomic E-state index is -3.70. The Hall–Kier alpha value is -0.930. The van der Waals surface area contributed by atoms with Crippen molar-refractivity contribution >= 4 is 54.8 Å². The van der Waals surface area contributed by atoms with E-state index in [2.05, 4.69) is 21.2 Å². The summed E-state index contributed by atoms with van der Waals surface area (Å²) in [4.78, 5) is 12.7. The van der Waals surface area contributed by atoms with Crippen LogP contribution in [0.1, 0.15) is 15.2 Å². The Morgan fingerprint density at radius 2 is 2.05 bits per heavy atom. The third-order valence-electron chi connectivity index (χ3n) is 2.47. The molecule has 0 bridgehead atoms. The first kappa shape index (κ1) is 16.4. The Bertz CT molecular complexity index is 769. The fraction of sp³-hybridized carbons (Fsp3) is 0.0833. The number of sulfonamides is 1. The van der Waals surface area contributed by atoms with E-state index in [4.69, 9.17) is 16.7 Å². The smallest absolute Gasteiger partial charge is 0.251 e. The summed E-state index contributed by atoms with van der Waals surface area (Å²) in [6, 6.07) is 7.89. The van der Waals surface area contributed by atoms with Gasteiger partial charge in [0.05, 0.1) is 6.54 Å². The monoisotopic (exact) mass is 408 g/mol. The van der Waals surface area contributed by atoms with Gasteiger partial charge in [-0.05, 0) is 30.3 Å². The van der Waals surface area contributed by atoms with Crippen molar-refractivity contribution in [2.24, 2.45) is 5.14 Å². The molecule has 0 aliphatic heterocycles. The molecule has 1 aromatic carbocycles. The van der Waals surface area contributed by atoms with Crippen molar-refractivity contribution in [1.82, 2.24) is 5.32 Å². The Labute approximate surface area is 139 Å². The molecule has 0 radical (unpaired) electrons. The molecule has 5 nitrogen and oxygen atoms in total. The summed E-state index contributed by atoms with van der Waals surface area (Å²) in [5, 5.41) is 8.16. The van der Waals surface area contributed by atoms with Gasteiger partial charge in [0.25, 0.3) is 5.91 Å². The number of halogens is 2. The van der Waals surface area contributed by atoms with Crippen LogP contribution in [0.4, 0.5) is 0 Å². The molecule has 1 amide bonds. The lowest BCUT2D eigenvalue weighted by molar-refractivity contribution is 0.0951. The lowest BCUT2D eigenvalue weighted by Crippen LogP contribution is -2.22. The van der Waals surface area contributed by atoms with Crippen LogP contribution in [0.2, 0.25) is 5.02 Å². The van der Waals surface area contributed by atoms with Gasteiger partial charge in [0.15, 0.2) is 0 Å². The normalized spacial score (nSPS) is 11.4. The molecule has 0 saturated heterocycles. The van der Waals surface area contributed by atoms with Crippen LogP contribution in [0.15, 0.2) is 39.0 Å². The molecule has 0 spiro atoms. The lowest BCUT2D eigenvalue weighted by atomic mass is 10.2. The largest absolute Gasteiger partial charge is 0.347 e. The Morgan fingerprint density at radius 3 is 2.62 bits per heavy atom. The number of rotatable bonds is 4. The summed E-state index contributed by atoms with van der Waals surface area (Å²) in [5.74, 6) is -0.302. The standard InChI is InChI=1S/C12H10BrClN2O3S2/c13-8-3-7(4-9(14)5-8)12(17)16-6-10-1-2-11(20-10)21(15,18)19/h1-5H,6H2,(H,16,17)(H2,15,18,19). The van der Waals surface area contributed by atoms with Crippen LogP contribution in [-0.4, -0.2) is 14.3 Å². The molecule has 9 heteroatoms. The van der Waals surface area contributed by atoms with Gasteiger partial charge in [-0.1, -0.05) is 27.5 Å². The van der Waals surface area contributed by atoms with Gasteiger partial charge in [0, 0.05) is 19.9 Å². The van der Waals surface area contributed by atoms with Crippen molar-refractivity contribution in [3.63, 3.8) is 0 Å². The number of carbonyl (C=O) groups excluding carboxylic acids is 1. The van der Waals surface area contributed by atoms with E-state index in [0.29, 0.717) is 19.9 Å². The summed E-state index contributed by atoms with van der Waals surface area (Å²) in [7, 11) is -3.70. The number of amides is 1. The van der Waals surface area contributed by atoms with Crippen LogP contribution in [0.3, 0.4) is 0 Å². The van der Waals surface area contributed by atoms with Crippen molar-refractivity contribution in [2.75, 3.05) is 0 Å². The first-order chi connectivity index (χ1) is 9.75. The highest BCUT2D eigenvalue weighted by Gasteiger charge is 2.12. The van der Waals surface area contributed by atoms with Crippen LogP contribution in [-0.2, 0) is 16.6 Å². The first-order valence-electron chi connectivity index (χ1n) is 5.61. The average Bonchev–Trinajstić information content (AvgIpc) is 2.83. The number of carbonyl (C=O) groups is 1. The van der Waals surface area contributed by atoms with Crippen LogP contribution in [0.25, 0.3) is 0 Å². The molecule has 0 aliphatic carbocycles. The zero-order valence-corrected chi connectivity index (χ0v) is 14.4. The molecular weight excluding hydrogens is 400 g/mol. The van der Waals surface area contributed by atoms with E-state index in [1.807, 2.05) is 0 Å². The van der Waals surface area contributed by atoms with Crippen molar-refractivity contribution in [2.45, 2.75) is 10.8 Å². The van der Waals surface area contributed by atoms with E-state index in [9.17, 15) is 13.2 Å². The molecule has 2 rings (SSSR count). The number of nitrogens with one attached hydrogen (secondary N) is 1. The van der Waals surface area contributed by atoms with Gasteiger partial charge in [0.1, 0.15) is 4.21 Å². The van der Waals surface area contributed by atoms with Crippen LogP contribution >= 0.6 is 38.9 Å². The number of hydrogen-bond acceptors (Lipinski definition) is 4. The fourth-order valence-corrected chi connectivity index (χ4v) is 4.14. The molecule has 1 heterocycles. The molecule has 2 aromatic rings. The number of nitrogens with two attached hydrogens (primary N) is 1. The summed E-state index contributed by atoms with van der Waals surface area (Å²) < 4.78 is 23.1. The quantitative estimate of drug-likeness (QED) is 0.813. The molecule has 0 unspecified atom stereocenters. The lowest BCUT2D eigenvalue weighted by Gasteiger charge is -2.05. The van der Waals surface area contributed by atoms with E-state index >= 15 is 0 Å². The second-order valence-electron chi connectivity index (χ2n) is 4.11. The van der Waals surface area contributed by atoms with Gasteiger partial charge in [-0.3, -0.25) is 4.79 Å². The maximum absolute atomic E-state index is 12.0. The van der Waals surface area contributed by atoms with E-state index in [1.165, 1.54) is 6.07 Å². The second-order valence-corrected chi connectivity index (χ2v) is 8.42. The molecule has 0 fully saturated rings. The molecule has 21 heavy (non-hydrogen) atoms. The molecule has 1 aromatic heterocycles. The average molecular weight is 410 g/mol. The number of hydrogen-bond donors (Lipinski definition) is 2. The molecule has 0 atom stereocenters. The maximum Gasteiger partial charge on any atom is 0.251 e. The van der Waals surface area contributed by atoms with Crippen molar-refractivity contribution in [1.29, 1.82) is 0 Å². The first-order valence-corrected chi connectivity index (χ1v) is 9.15. The third-order valence-corrected chi connectivity index (χ3v) is 5.67. The molecule has 112 valence electrons. The molecule has 0 aliphatic rings. The minimum absolute atomic E-state index is 0.0669. The van der Waals surface area contributed by atoms with Crippen LogP contribution in [0.5, 0.6) is 0 Å². The molecule has 0 saturated carbocycles. The van der Waals surface area contributed by atoms with E-state index in [-0.39, 0.29) is 16.7 Å². The van der Waals surface area contributed by atoms with E-state index in [1.54, 1.807) is 24.3 Å². The maximum atomic E-state index is 12.0. The van der Waals surface area contributed by atoms with Gasteiger partial charge in [0.2, 0.25) is 10.0 Å². The zero-order valence-electron chi connectivity index (χ0n) is 10.5. The highest BCUT2D eigenvalue weighted by molar-refractivity contribution is 9.10. The third kappa shape index (κ3) is 4.52. The van der Waals surface area contributed by atoms with E-state index < -0.39 is 10.0 Å². The Morgan fingerprint density at radius 1 is 1.33 bits per heavy atom. The van der Waals surface area contributed by atoms with Gasteiger partial charge < -0.3 is 5.32 Å². The van der Waals surface area contributed by atoms with Crippen LogP contribution in [0, 0.1) is 0 Å². The minimum Gasteiger partial charge on any atom is -0.347 e. The van der Waals surface area contributed by atoms with Crippen LogP contribution < -0.4 is 10.5 Å². The van der Waals surface area contributed by atoms with Gasteiger partial charge in [-0.15, -0.1) is 11.3 Å². The highest BCUT2D eigenvalue weighted by atomic mass is 79.9. The van der Waals surface area contributed by atoms with Crippen molar-refractivity contribution in [3.05, 3.63) is 50.3 Å². The fourth-order valence-electron chi connectivity index (χ4n) is 1.56. The Kier molecular flexibility index (Phi) is 5.05. The van der Waals surface area contributed by atoms with Gasteiger partial charge in [-0.25, -0.2) is 13.6 Å². The molecule has 3 N–H and O–H groups in total. The SMILES string of the molecule is NS(=O)(=O)c1ccc(CNC(=O)c2cc(Cl)cc(Br)c2)s1. The summed E-state index contributed by atoms with van der Waals surface area (Å²) in [6.07, 6.45) is 0. The van der Waals surface area contributed by atoms with Gasteiger partial charge >= 0.3 is 0 Å². The number of primary sulfonamides is 1. The second kappa shape index (κ2) is 6.45.